The van der Waals surface area contributed by atoms with E-state index in [2.05, 4.69) is 63.3 Å². The van der Waals surface area contributed by atoms with Gasteiger partial charge >= 0.3 is 0 Å². The van der Waals surface area contributed by atoms with Crippen LogP contribution in [0.5, 0.6) is 0 Å². The summed E-state index contributed by atoms with van der Waals surface area (Å²) in [5, 5.41) is 3.71. The van der Waals surface area contributed by atoms with Crippen molar-refractivity contribution in [3.63, 3.8) is 0 Å². The zero-order chi connectivity index (χ0) is 13.4. The molecule has 1 N–H and O–H groups in total. The first-order valence-corrected chi connectivity index (χ1v) is 7.39. The summed E-state index contributed by atoms with van der Waals surface area (Å²) in [6.07, 6.45) is 3.97. The van der Waals surface area contributed by atoms with Crippen molar-refractivity contribution >= 4 is 0 Å². The lowest BCUT2D eigenvalue weighted by atomic mass is 9.96. The molecule has 1 heteroatoms. The summed E-state index contributed by atoms with van der Waals surface area (Å²) in [5.74, 6) is 1.47. The molecule has 0 amide bonds. The van der Waals surface area contributed by atoms with Crippen LogP contribution in [0.15, 0.2) is 30.3 Å². The van der Waals surface area contributed by atoms with E-state index in [1.54, 1.807) is 0 Å². The summed E-state index contributed by atoms with van der Waals surface area (Å²) in [5.41, 5.74) is 1.41. The van der Waals surface area contributed by atoms with Crippen LogP contribution in [0.25, 0.3) is 0 Å². The molecule has 0 aromatic heterocycles. The normalized spacial score (nSPS) is 13.2. The Kier molecular flexibility index (Phi) is 7.04. The lowest BCUT2D eigenvalue weighted by Crippen LogP contribution is -2.26. The Morgan fingerprint density at radius 1 is 0.944 bits per heavy atom. The maximum atomic E-state index is 3.71. The van der Waals surface area contributed by atoms with Crippen molar-refractivity contribution < 1.29 is 0 Å². The number of benzene rings is 1. The van der Waals surface area contributed by atoms with Crippen LogP contribution >= 0.6 is 0 Å². The van der Waals surface area contributed by atoms with Gasteiger partial charge in [0.2, 0.25) is 0 Å². The van der Waals surface area contributed by atoms with E-state index < -0.39 is 0 Å². The summed E-state index contributed by atoms with van der Waals surface area (Å²) in [6.45, 7) is 10.3. The molecule has 0 heterocycles. The second-order valence-corrected chi connectivity index (χ2v) is 5.98. The SMILES string of the molecule is CC(C)CCCCNC(c1ccccc1)C(C)C. The van der Waals surface area contributed by atoms with E-state index in [4.69, 9.17) is 0 Å². The van der Waals surface area contributed by atoms with Crippen LogP contribution in [0.4, 0.5) is 0 Å². The molecule has 1 rings (SSSR count). The van der Waals surface area contributed by atoms with Crippen LogP contribution in [0.1, 0.15) is 58.6 Å². The molecular formula is C17H29N. The molecule has 0 saturated carbocycles. The number of hydrogen-bond acceptors (Lipinski definition) is 1. The smallest absolute Gasteiger partial charge is 0.0343 e. The molecule has 1 unspecified atom stereocenters. The lowest BCUT2D eigenvalue weighted by molar-refractivity contribution is 0.401. The monoisotopic (exact) mass is 247 g/mol. The third-order valence-electron chi connectivity index (χ3n) is 3.40. The average molecular weight is 247 g/mol. The van der Waals surface area contributed by atoms with Gasteiger partial charge in [0.1, 0.15) is 0 Å². The molecule has 0 bridgehead atoms. The van der Waals surface area contributed by atoms with Gasteiger partial charge in [-0.3, -0.25) is 0 Å². The van der Waals surface area contributed by atoms with Gasteiger partial charge in [-0.05, 0) is 30.4 Å². The van der Waals surface area contributed by atoms with Crippen molar-refractivity contribution in [3.8, 4) is 0 Å². The van der Waals surface area contributed by atoms with E-state index in [0.717, 1.165) is 12.5 Å². The molecule has 1 aromatic carbocycles. The summed E-state index contributed by atoms with van der Waals surface area (Å²) in [7, 11) is 0. The molecule has 1 aromatic rings. The van der Waals surface area contributed by atoms with E-state index in [9.17, 15) is 0 Å². The van der Waals surface area contributed by atoms with Crippen LogP contribution in [0, 0.1) is 11.8 Å². The molecule has 0 spiro atoms. The summed E-state index contributed by atoms with van der Waals surface area (Å²) < 4.78 is 0. The summed E-state index contributed by atoms with van der Waals surface area (Å²) in [6, 6.07) is 11.3. The second kappa shape index (κ2) is 8.31. The van der Waals surface area contributed by atoms with Crippen molar-refractivity contribution in [2.45, 2.75) is 53.0 Å². The Balaban J connectivity index is 2.36. The van der Waals surface area contributed by atoms with Crippen LogP contribution in [-0.4, -0.2) is 6.54 Å². The van der Waals surface area contributed by atoms with Crippen LogP contribution < -0.4 is 5.32 Å². The zero-order valence-electron chi connectivity index (χ0n) is 12.4. The molecule has 0 saturated heterocycles. The van der Waals surface area contributed by atoms with Crippen molar-refractivity contribution in [3.05, 3.63) is 35.9 Å². The van der Waals surface area contributed by atoms with Crippen molar-refractivity contribution in [1.29, 1.82) is 0 Å². The van der Waals surface area contributed by atoms with Gasteiger partial charge in [0.05, 0.1) is 0 Å². The second-order valence-electron chi connectivity index (χ2n) is 5.98. The molecule has 0 aliphatic heterocycles. The maximum Gasteiger partial charge on any atom is 0.0343 e. The third-order valence-corrected chi connectivity index (χ3v) is 3.40. The van der Waals surface area contributed by atoms with E-state index >= 15 is 0 Å². The fraction of sp³-hybridized carbons (Fsp3) is 0.647. The minimum Gasteiger partial charge on any atom is -0.310 e. The Morgan fingerprint density at radius 2 is 1.61 bits per heavy atom. The standard InChI is InChI=1S/C17H29N/c1-14(2)10-8-9-13-18-17(15(3)4)16-11-6-5-7-12-16/h5-7,11-12,14-15,17-18H,8-10,13H2,1-4H3. The van der Waals surface area contributed by atoms with Crippen LogP contribution in [0.3, 0.4) is 0 Å². The molecule has 0 aliphatic carbocycles. The number of hydrogen-bond donors (Lipinski definition) is 1. The van der Waals surface area contributed by atoms with Crippen molar-refractivity contribution in [2.24, 2.45) is 11.8 Å². The first-order valence-electron chi connectivity index (χ1n) is 7.39. The van der Waals surface area contributed by atoms with Gasteiger partial charge in [0, 0.05) is 6.04 Å². The Hall–Kier alpha value is -0.820. The van der Waals surface area contributed by atoms with Crippen molar-refractivity contribution in [1.82, 2.24) is 5.32 Å². The molecule has 0 aliphatic rings. The molecular weight excluding hydrogens is 218 g/mol. The minimum atomic E-state index is 0.491. The first kappa shape index (κ1) is 15.2. The number of rotatable bonds is 8. The zero-order valence-corrected chi connectivity index (χ0v) is 12.4. The Labute approximate surface area is 113 Å². The topological polar surface area (TPSA) is 12.0 Å². The van der Waals surface area contributed by atoms with E-state index in [1.165, 1.54) is 24.8 Å². The predicted octanol–water partition coefficient (Wildman–Crippen LogP) is 4.80. The van der Waals surface area contributed by atoms with E-state index in [0.29, 0.717) is 12.0 Å². The molecule has 1 atom stereocenters. The minimum absolute atomic E-state index is 0.491. The largest absolute Gasteiger partial charge is 0.310 e. The Morgan fingerprint density at radius 3 is 2.17 bits per heavy atom. The fourth-order valence-electron chi connectivity index (χ4n) is 2.33. The van der Waals surface area contributed by atoms with Crippen LogP contribution in [-0.2, 0) is 0 Å². The van der Waals surface area contributed by atoms with Gasteiger partial charge in [-0.2, -0.15) is 0 Å². The third kappa shape index (κ3) is 5.68. The summed E-state index contributed by atoms with van der Waals surface area (Å²) in [4.78, 5) is 0. The number of nitrogens with one attached hydrogen (secondary N) is 1. The quantitative estimate of drug-likeness (QED) is 0.651. The highest BCUT2D eigenvalue weighted by molar-refractivity contribution is 5.19. The molecule has 0 radical (unpaired) electrons. The van der Waals surface area contributed by atoms with Gasteiger partial charge in [-0.25, -0.2) is 0 Å². The van der Waals surface area contributed by atoms with Gasteiger partial charge < -0.3 is 5.32 Å². The van der Waals surface area contributed by atoms with Gasteiger partial charge in [-0.15, -0.1) is 0 Å². The summed E-state index contributed by atoms with van der Waals surface area (Å²) >= 11 is 0. The average Bonchev–Trinajstić information content (AvgIpc) is 2.34. The van der Waals surface area contributed by atoms with E-state index in [1.807, 2.05) is 0 Å². The number of unbranched alkanes of at least 4 members (excludes halogenated alkanes) is 1. The lowest BCUT2D eigenvalue weighted by Gasteiger charge is -2.23. The highest BCUT2D eigenvalue weighted by Gasteiger charge is 2.13. The maximum absolute atomic E-state index is 3.71. The highest BCUT2D eigenvalue weighted by Crippen LogP contribution is 2.21. The first-order chi connectivity index (χ1) is 8.61. The van der Waals surface area contributed by atoms with Crippen molar-refractivity contribution in [2.75, 3.05) is 6.54 Å². The fourth-order valence-corrected chi connectivity index (χ4v) is 2.33. The molecule has 1 nitrogen and oxygen atoms in total. The molecule has 102 valence electrons. The van der Waals surface area contributed by atoms with Gasteiger partial charge in [0.15, 0.2) is 0 Å². The van der Waals surface area contributed by atoms with Gasteiger partial charge in [-0.1, -0.05) is 70.9 Å². The molecule has 18 heavy (non-hydrogen) atoms. The highest BCUT2D eigenvalue weighted by atomic mass is 14.9. The Bertz CT molecular complexity index is 303. The van der Waals surface area contributed by atoms with E-state index in [-0.39, 0.29) is 0 Å². The molecule has 0 fully saturated rings. The van der Waals surface area contributed by atoms with Crippen LogP contribution in [0.2, 0.25) is 0 Å². The van der Waals surface area contributed by atoms with Gasteiger partial charge in [0.25, 0.3) is 0 Å². The predicted molar refractivity (Wildman–Crippen MR) is 80.7 cm³/mol.